The molecule has 7 heteroatoms. The smallest absolute Gasteiger partial charge is 0.318 e. The molecule has 0 atom stereocenters. The molecule has 114 valence electrons. The normalized spacial score (nSPS) is 16.6. The maximum Gasteiger partial charge on any atom is 0.318 e. The highest BCUT2D eigenvalue weighted by molar-refractivity contribution is 5.94. The highest BCUT2D eigenvalue weighted by Gasteiger charge is 2.20. The van der Waals surface area contributed by atoms with Crippen LogP contribution in [0.5, 0.6) is 0 Å². The fourth-order valence-electron chi connectivity index (χ4n) is 2.35. The van der Waals surface area contributed by atoms with Crippen molar-refractivity contribution >= 4 is 11.9 Å². The van der Waals surface area contributed by atoms with Crippen molar-refractivity contribution in [1.29, 1.82) is 0 Å². The minimum absolute atomic E-state index is 0.149. The van der Waals surface area contributed by atoms with Gasteiger partial charge in [-0.2, -0.15) is 0 Å². The Balaban J connectivity index is 1.77. The van der Waals surface area contributed by atoms with Gasteiger partial charge in [-0.15, -0.1) is 0 Å². The molecule has 0 radical (unpaired) electrons. The number of piperazine rings is 1. The first kappa shape index (κ1) is 15.4. The number of primary amides is 1. The van der Waals surface area contributed by atoms with Crippen molar-refractivity contribution in [3.05, 3.63) is 35.6 Å². The molecule has 0 spiro atoms. The van der Waals surface area contributed by atoms with Gasteiger partial charge in [0, 0.05) is 38.3 Å². The zero-order valence-corrected chi connectivity index (χ0v) is 11.7. The van der Waals surface area contributed by atoms with Crippen LogP contribution in [0.25, 0.3) is 0 Å². The van der Waals surface area contributed by atoms with Crippen LogP contribution in [0.3, 0.4) is 0 Å². The molecule has 3 amide bonds. The Kier molecular flexibility index (Phi) is 5.24. The minimum atomic E-state index is -0.835. The number of benzene rings is 1. The maximum absolute atomic E-state index is 13.6. The SMILES string of the molecule is NC(=O)NC(=O)CN1CCN(Cc2ccccc2F)CC1. The van der Waals surface area contributed by atoms with Crippen molar-refractivity contribution in [2.24, 2.45) is 5.73 Å². The van der Waals surface area contributed by atoms with E-state index in [1.165, 1.54) is 6.07 Å². The van der Waals surface area contributed by atoms with Crippen LogP contribution in [0.2, 0.25) is 0 Å². The van der Waals surface area contributed by atoms with Crippen molar-refractivity contribution < 1.29 is 14.0 Å². The van der Waals surface area contributed by atoms with Crippen LogP contribution in [0.1, 0.15) is 5.56 Å². The second-order valence-electron chi connectivity index (χ2n) is 5.06. The van der Waals surface area contributed by atoms with Crippen LogP contribution in [0.4, 0.5) is 9.18 Å². The number of rotatable bonds is 4. The highest BCUT2D eigenvalue weighted by atomic mass is 19.1. The molecule has 0 aromatic heterocycles. The summed E-state index contributed by atoms with van der Waals surface area (Å²) in [7, 11) is 0. The Hall–Kier alpha value is -1.99. The van der Waals surface area contributed by atoms with E-state index in [1.807, 2.05) is 16.3 Å². The molecule has 0 saturated carbocycles. The average Bonchev–Trinajstić information content (AvgIpc) is 2.42. The van der Waals surface area contributed by atoms with Crippen molar-refractivity contribution in [1.82, 2.24) is 15.1 Å². The van der Waals surface area contributed by atoms with Gasteiger partial charge in [-0.05, 0) is 6.07 Å². The summed E-state index contributed by atoms with van der Waals surface area (Å²) in [6.07, 6.45) is 0. The van der Waals surface area contributed by atoms with Crippen LogP contribution in [-0.2, 0) is 11.3 Å². The van der Waals surface area contributed by atoms with E-state index in [0.717, 1.165) is 13.1 Å². The lowest BCUT2D eigenvalue weighted by molar-refractivity contribution is -0.121. The Labute approximate surface area is 122 Å². The summed E-state index contributed by atoms with van der Waals surface area (Å²) in [5.41, 5.74) is 5.57. The van der Waals surface area contributed by atoms with Crippen LogP contribution in [0, 0.1) is 5.82 Å². The lowest BCUT2D eigenvalue weighted by atomic mass is 10.2. The molecule has 1 saturated heterocycles. The number of nitrogens with one attached hydrogen (secondary N) is 1. The first-order valence-electron chi connectivity index (χ1n) is 6.82. The lowest BCUT2D eigenvalue weighted by Crippen LogP contribution is -2.50. The second-order valence-corrected chi connectivity index (χ2v) is 5.06. The molecule has 0 bridgehead atoms. The first-order chi connectivity index (χ1) is 10.0. The summed E-state index contributed by atoms with van der Waals surface area (Å²) in [5.74, 6) is -0.592. The Bertz CT molecular complexity index is 515. The van der Waals surface area contributed by atoms with Gasteiger partial charge < -0.3 is 5.73 Å². The number of carbonyl (C=O) groups is 2. The zero-order chi connectivity index (χ0) is 15.2. The van der Waals surface area contributed by atoms with Gasteiger partial charge in [-0.3, -0.25) is 19.9 Å². The van der Waals surface area contributed by atoms with Gasteiger partial charge in [0.2, 0.25) is 5.91 Å². The van der Waals surface area contributed by atoms with Gasteiger partial charge in [0.1, 0.15) is 5.82 Å². The predicted molar refractivity (Wildman–Crippen MR) is 75.8 cm³/mol. The number of hydrogen-bond acceptors (Lipinski definition) is 4. The van der Waals surface area contributed by atoms with E-state index >= 15 is 0 Å². The van der Waals surface area contributed by atoms with E-state index in [-0.39, 0.29) is 12.4 Å². The summed E-state index contributed by atoms with van der Waals surface area (Å²) in [6.45, 7) is 3.60. The van der Waals surface area contributed by atoms with Crippen molar-refractivity contribution in [3.63, 3.8) is 0 Å². The third-order valence-corrected chi connectivity index (χ3v) is 3.45. The number of imide groups is 1. The quantitative estimate of drug-likeness (QED) is 0.828. The molecule has 1 aromatic carbocycles. The van der Waals surface area contributed by atoms with E-state index in [4.69, 9.17) is 5.73 Å². The molecule has 6 nitrogen and oxygen atoms in total. The molecule has 0 aliphatic carbocycles. The van der Waals surface area contributed by atoms with E-state index in [1.54, 1.807) is 12.1 Å². The van der Waals surface area contributed by atoms with Crippen LogP contribution < -0.4 is 11.1 Å². The predicted octanol–water partition coefficient (Wildman–Crippen LogP) is 0.138. The average molecular weight is 294 g/mol. The van der Waals surface area contributed by atoms with E-state index in [0.29, 0.717) is 25.2 Å². The van der Waals surface area contributed by atoms with Gasteiger partial charge >= 0.3 is 6.03 Å². The van der Waals surface area contributed by atoms with Gasteiger partial charge in [-0.25, -0.2) is 9.18 Å². The van der Waals surface area contributed by atoms with E-state index in [2.05, 4.69) is 4.90 Å². The molecule has 1 aromatic rings. The van der Waals surface area contributed by atoms with Gasteiger partial charge in [-0.1, -0.05) is 18.2 Å². The number of nitrogens with zero attached hydrogens (tertiary/aromatic N) is 2. The summed E-state index contributed by atoms with van der Waals surface area (Å²) in [4.78, 5) is 26.1. The highest BCUT2D eigenvalue weighted by Crippen LogP contribution is 2.11. The molecular formula is C14H19FN4O2. The topological polar surface area (TPSA) is 78.7 Å². The minimum Gasteiger partial charge on any atom is -0.351 e. The number of amides is 3. The monoisotopic (exact) mass is 294 g/mol. The number of carbonyl (C=O) groups excluding carboxylic acids is 2. The number of hydrogen-bond donors (Lipinski definition) is 2. The molecule has 21 heavy (non-hydrogen) atoms. The van der Waals surface area contributed by atoms with Crippen LogP contribution in [-0.4, -0.2) is 54.5 Å². The van der Waals surface area contributed by atoms with Crippen molar-refractivity contribution in [3.8, 4) is 0 Å². The molecule has 2 rings (SSSR count). The first-order valence-corrected chi connectivity index (χ1v) is 6.82. The fourth-order valence-corrected chi connectivity index (χ4v) is 2.35. The molecule has 1 aliphatic rings. The molecule has 3 N–H and O–H groups in total. The van der Waals surface area contributed by atoms with E-state index < -0.39 is 11.9 Å². The molecular weight excluding hydrogens is 275 g/mol. The summed E-state index contributed by atoms with van der Waals surface area (Å²) in [5, 5.41) is 2.04. The molecule has 0 unspecified atom stereocenters. The van der Waals surface area contributed by atoms with Crippen molar-refractivity contribution in [2.45, 2.75) is 6.54 Å². The lowest BCUT2D eigenvalue weighted by Gasteiger charge is -2.34. The summed E-state index contributed by atoms with van der Waals surface area (Å²) < 4.78 is 13.6. The van der Waals surface area contributed by atoms with Crippen molar-refractivity contribution in [2.75, 3.05) is 32.7 Å². The maximum atomic E-state index is 13.6. The summed E-state index contributed by atoms with van der Waals surface area (Å²) >= 11 is 0. The second kappa shape index (κ2) is 7.14. The van der Waals surface area contributed by atoms with Crippen LogP contribution >= 0.6 is 0 Å². The number of halogens is 1. The zero-order valence-electron chi connectivity index (χ0n) is 11.7. The standard InChI is InChI=1S/C14H19FN4O2/c15-12-4-2-1-3-11(12)9-18-5-7-19(8-6-18)10-13(20)17-14(16)21/h1-4H,5-10H2,(H3,16,17,20,21). The molecule has 1 aliphatic heterocycles. The number of urea groups is 1. The Morgan fingerprint density at radius 3 is 2.38 bits per heavy atom. The van der Waals surface area contributed by atoms with E-state index in [9.17, 15) is 14.0 Å². The summed E-state index contributed by atoms with van der Waals surface area (Å²) in [6, 6.07) is 5.90. The number of nitrogens with two attached hydrogens (primary N) is 1. The third-order valence-electron chi connectivity index (χ3n) is 3.45. The molecule has 1 heterocycles. The van der Waals surface area contributed by atoms with Gasteiger partial charge in [0.05, 0.1) is 6.54 Å². The Morgan fingerprint density at radius 2 is 1.76 bits per heavy atom. The van der Waals surface area contributed by atoms with Crippen LogP contribution in [0.15, 0.2) is 24.3 Å². The van der Waals surface area contributed by atoms with Gasteiger partial charge in [0.15, 0.2) is 0 Å². The Morgan fingerprint density at radius 1 is 1.14 bits per heavy atom. The largest absolute Gasteiger partial charge is 0.351 e. The fraction of sp³-hybridized carbons (Fsp3) is 0.429. The molecule has 1 fully saturated rings. The third kappa shape index (κ3) is 4.80. The van der Waals surface area contributed by atoms with Gasteiger partial charge in [0.25, 0.3) is 0 Å².